The van der Waals surface area contributed by atoms with Gasteiger partial charge in [0.1, 0.15) is 0 Å². The molecule has 1 fully saturated rings. The van der Waals surface area contributed by atoms with Gasteiger partial charge in [0.25, 0.3) is 0 Å². The predicted octanol–water partition coefficient (Wildman–Crippen LogP) is 4.05. The summed E-state index contributed by atoms with van der Waals surface area (Å²) < 4.78 is 0. The lowest BCUT2D eigenvalue weighted by Gasteiger charge is -2.16. The second kappa shape index (κ2) is 5.59. The fourth-order valence-electron chi connectivity index (χ4n) is 2.09. The summed E-state index contributed by atoms with van der Waals surface area (Å²) >= 11 is 18.0. The van der Waals surface area contributed by atoms with Crippen molar-refractivity contribution in [3.8, 4) is 0 Å². The Morgan fingerprint density at radius 2 is 2.12 bits per heavy atom. The molecule has 1 unspecified atom stereocenters. The number of alkyl halides is 1. The van der Waals surface area contributed by atoms with Gasteiger partial charge in [0, 0.05) is 19.0 Å². The first-order valence-corrected chi connectivity index (χ1v) is 6.71. The van der Waals surface area contributed by atoms with Crippen molar-refractivity contribution in [1.82, 2.24) is 4.90 Å². The number of benzene rings is 1. The molecule has 1 aromatic rings. The van der Waals surface area contributed by atoms with Crippen LogP contribution in [0.2, 0.25) is 10.0 Å². The molecular formula is C12H14Cl3N. The molecule has 0 aromatic heterocycles. The predicted molar refractivity (Wildman–Crippen MR) is 70.6 cm³/mol. The summed E-state index contributed by atoms with van der Waals surface area (Å²) in [4.78, 5) is 2.38. The standard InChI is InChI=1S/C12H14Cl3N/c13-6-9-4-5-16(7-9)8-10-2-1-3-11(14)12(10)15/h1-3,9H,4-8H2. The zero-order valence-electron chi connectivity index (χ0n) is 8.93. The molecule has 88 valence electrons. The van der Waals surface area contributed by atoms with E-state index in [0.717, 1.165) is 31.1 Å². The van der Waals surface area contributed by atoms with Gasteiger partial charge in [-0.05, 0) is 30.5 Å². The lowest BCUT2D eigenvalue weighted by Crippen LogP contribution is -2.20. The molecule has 0 saturated carbocycles. The average Bonchev–Trinajstić information content (AvgIpc) is 2.73. The van der Waals surface area contributed by atoms with Crippen LogP contribution in [0.5, 0.6) is 0 Å². The Balaban J connectivity index is 2.02. The summed E-state index contributed by atoms with van der Waals surface area (Å²) in [7, 11) is 0. The van der Waals surface area contributed by atoms with Crippen LogP contribution in [0.15, 0.2) is 18.2 Å². The Morgan fingerprint density at radius 1 is 1.31 bits per heavy atom. The van der Waals surface area contributed by atoms with Gasteiger partial charge in [0.05, 0.1) is 10.0 Å². The molecule has 1 aliphatic heterocycles. The van der Waals surface area contributed by atoms with Crippen LogP contribution in [0.25, 0.3) is 0 Å². The molecule has 16 heavy (non-hydrogen) atoms. The minimum Gasteiger partial charge on any atom is -0.299 e. The maximum atomic E-state index is 6.16. The zero-order valence-corrected chi connectivity index (χ0v) is 11.2. The van der Waals surface area contributed by atoms with Crippen molar-refractivity contribution in [2.24, 2.45) is 5.92 Å². The fourth-order valence-corrected chi connectivity index (χ4v) is 2.73. The molecule has 0 spiro atoms. The first kappa shape index (κ1) is 12.5. The molecule has 1 nitrogen and oxygen atoms in total. The second-order valence-electron chi connectivity index (χ2n) is 4.26. The Kier molecular flexibility index (Phi) is 4.37. The third-order valence-corrected chi connectivity index (χ3v) is 4.31. The van der Waals surface area contributed by atoms with Crippen molar-refractivity contribution in [1.29, 1.82) is 0 Å². The highest BCUT2D eigenvalue weighted by atomic mass is 35.5. The molecular weight excluding hydrogens is 264 g/mol. The first-order chi connectivity index (χ1) is 7.70. The molecule has 2 rings (SSSR count). The smallest absolute Gasteiger partial charge is 0.0637 e. The SMILES string of the molecule is ClCC1CCN(Cc2cccc(Cl)c2Cl)C1. The molecule has 1 aromatic carbocycles. The molecule has 0 amide bonds. The van der Waals surface area contributed by atoms with Crippen LogP contribution in [-0.2, 0) is 6.54 Å². The molecule has 0 bridgehead atoms. The summed E-state index contributed by atoms with van der Waals surface area (Å²) in [6, 6.07) is 5.79. The van der Waals surface area contributed by atoms with Crippen LogP contribution >= 0.6 is 34.8 Å². The Hall–Kier alpha value is 0.0500. The van der Waals surface area contributed by atoms with Gasteiger partial charge in [-0.1, -0.05) is 35.3 Å². The number of likely N-dealkylation sites (tertiary alicyclic amines) is 1. The minimum absolute atomic E-state index is 0.625. The summed E-state index contributed by atoms with van der Waals surface area (Å²) in [5, 5.41) is 1.31. The highest BCUT2D eigenvalue weighted by molar-refractivity contribution is 6.42. The highest BCUT2D eigenvalue weighted by Crippen LogP contribution is 2.28. The van der Waals surface area contributed by atoms with Crippen molar-refractivity contribution in [2.75, 3.05) is 19.0 Å². The van der Waals surface area contributed by atoms with Gasteiger partial charge >= 0.3 is 0 Å². The highest BCUT2D eigenvalue weighted by Gasteiger charge is 2.22. The topological polar surface area (TPSA) is 3.24 Å². The van der Waals surface area contributed by atoms with E-state index >= 15 is 0 Å². The van der Waals surface area contributed by atoms with E-state index in [0.29, 0.717) is 16.0 Å². The van der Waals surface area contributed by atoms with Gasteiger partial charge in [-0.15, -0.1) is 11.6 Å². The summed E-state index contributed by atoms with van der Waals surface area (Å²) in [6.45, 7) is 3.03. The monoisotopic (exact) mass is 277 g/mol. The maximum Gasteiger partial charge on any atom is 0.0637 e. The van der Waals surface area contributed by atoms with Gasteiger partial charge < -0.3 is 0 Å². The van der Waals surface area contributed by atoms with E-state index in [1.54, 1.807) is 0 Å². The van der Waals surface area contributed by atoms with E-state index in [9.17, 15) is 0 Å². The van der Waals surface area contributed by atoms with Crippen molar-refractivity contribution in [3.05, 3.63) is 33.8 Å². The van der Waals surface area contributed by atoms with Gasteiger partial charge in [0.15, 0.2) is 0 Å². The minimum atomic E-state index is 0.625. The third-order valence-electron chi connectivity index (χ3n) is 3.01. The Bertz CT molecular complexity index is 367. The van der Waals surface area contributed by atoms with Crippen LogP contribution < -0.4 is 0 Å². The molecule has 4 heteroatoms. The van der Waals surface area contributed by atoms with Gasteiger partial charge in [-0.25, -0.2) is 0 Å². The fraction of sp³-hybridized carbons (Fsp3) is 0.500. The average molecular weight is 279 g/mol. The number of nitrogens with zero attached hydrogens (tertiary/aromatic N) is 1. The van der Waals surface area contributed by atoms with Crippen molar-refractivity contribution >= 4 is 34.8 Å². The second-order valence-corrected chi connectivity index (χ2v) is 5.35. The lowest BCUT2D eigenvalue weighted by atomic mass is 10.2. The molecule has 0 N–H and O–H groups in total. The summed E-state index contributed by atoms with van der Waals surface area (Å²) in [6.07, 6.45) is 1.18. The largest absolute Gasteiger partial charge is 0.299 e. The number of hydrogen-bond donors (Lipinski definition) is 0. The third kappa shape index (κ3) is 2.84. The van der Waals surface area contributed by atoms with Gasteiger partial charge in [0.2, 0.25) is 0 Å². The molecule has 1 atom stereocenters. The number of hydrogen-bond acceptors (Lipinski definition) is 1. The summed E-state index contributed by atoms with van der Waals surface area (Å²) in [5.74, 6) is 1.37. The van der Waals surface area contributed by atoms with Crippen LogP contribution in [0.3, 0.4) is 0 Å². The quantitative estimate of drug-likeness (QED) is 0.754. The van der Waals surface area contributed by atoms with E-state index in [-0.39, 0.29) is 0 Å². The van der Waals surface area contributed by atoms with E-state index in [1.807, 2.05) is 18.2 Å². The Labute approximate surface area is 111 Å². The number of rotatable bonds is 3. The van der Waals surface area contributed by atoms with Crippen LogP contribution in [0.1, 0.15) is 12.0 Å². The van der Waals surface area contributed by atoms with E-state index in [2.05, 4.69) is 4.90 Å². The zero-order chi connectivity index (χ0) is 11.5. The summed E-state index contributed by atoms with van der Waals surface area (Å²) in [5.41, 5.74) is 1.10. The Morgan fingerprint density at radius 3 is 2.81 bits per heavy atom. The molecule has 0 aliphatic carbocycles. The van der Waals surface area contributed by atoms with Crippen LogP contribution in [0, 0.1) is 5.92 Å². The van der Waals surface area contributed by atoms with E-state index in [1.165, 1.54) is 6.42 Å². The molecule has 1 saturated heterocycles. The van der Waals surface area contributed by atoms with Crippen molar-refractivity contribution in [3.63, 3.8) is 0 Å². The van der Waals surface area contributed by atoms with Crippen molar-refractivity contribution < 1.29 is 0 Å². The molecule has 0 radical (unpaired) electrons. The van der Waals surface area contributed by atoms with Crippen LogP contribution in [0.4, 0.5) is 0 Å². The normalized spacial score (nSPS) is 21.6. The maximum absolute atomic E-state index is 6.16. The lowest BCUT2D eigenvalue weighted by molar-refractivity contribution is 0.321. The van der Waals surface area contributed by atoms with Crippen molar-refractivity contribution in [2.45, 2.75) is 13.0 Å². The van der Waals surface area contributed by atoms with Gasteiger partial charge in [-0.2, -0.15) is 0 Å². The van der Waals surface area contributed by atoms with E-state index < -0.39 is 0 Å². The van der Waals surface area contributed by atoms with Gasteiger partial charge in [-0.3, -0.25) is 4.90 Å². The number of halogens is 3. The van der Waals surface area contributed by atoms with E-state index in [4.69, 9.17) is 34.8 Å². The first-order valence-electron chi connectivity index (χ1n) is 5.42. The molecule has 1 aliphatic rings. The molecule has 1 heterocycles. The van der Waals surface area contributed by atoms with Crippen LogP contribution in [-0.4, -0.2) is 23.9 Å².